The van der Waals surface area contributed by atoms with Crippen LogP contribution in [0.4, 0.5) is 0 Å². The van der Waals surface area contributed by atoms with Crippen molar-refractivity contribution >= 4 is 63.0 Å². The zero-order valence-corrected chi connectivity index (χ0v) is 24.6. The molecule has 0 saturated heterocycles. The first-order valence-corrected chi connectivity index (χ1v) is 15.7. The maximum absolute atomic E-state index is 9.47. The summed E-state index contributed by atoms with van der Waals surface area (Å²) < 4.78 is 57.3. The quantitative estimate of drug-likeness (QED) is 0.201. The van der Waals surface area contributed by atoms with Crippen molar-refractivity contribution in [1.29, 1.82) is 0 Å². The SMILES string of the molecule is [2H]c1c([2H])c(-c2ccccc2)c2c(sc3c([2H])c(-c4nc(-c5ccccc5)nc(-c5ccc6c(c5)sc5ccccc56)n4)c([2H])c([2H])c32)c1[2H]. The molecule has 0 amide bonds. The van der Waals surface area contributed by atoms with Crippen LogP contribution >= 0.6 is 22.7 Å². The summed E-state index contributed by atoms with van der Waals surface area (Å²) in [5.74, 6) is 0.860. The second kappa shape index (κ2) is 10.2. The first kappa shape index (κ1) is 19.9. The van der Waals surface area contributed by atoms with Crippen molar-refractivity contribution in [2.45, 2.75) is 0 Å². The van der Waals surface area contributed by atoms with Crippen molar-refractivity contribution in [3.63, 3.8) is 0 Å². The second-order valence-electron chi connectivity index (χ2n) is 10.4. The molecule has 9 rings (SSSR count). The summed E-state index contributed by atoms with van der Waals surface area (Å²) in [6.07, 6.45) is 0. The third-order valence-corrected chi connectivity index (χ3v) is 9.82. The molecule has 206 valence electrons. The third kappa shape index (κ3) is 4.21. The van der Waals surface area contributed by atoms with Gasteiger partial charge in [0.1, 0.15) is 0 Å². The van der Waals surface area contributed by atoms with E-state index in [9.17, 15) is 4.11 Å². The molecule has 6 aromatic carbocycles. The minimum atomic E-state index is -0.231. The Balaban J connectivity index is 1.32. The highest BCUT2D eigenvalue weighted by molar-refractivity contribution is 7.26. The van der Waals surface area contributed by atoms with Gasteiger partial charge in [0.2, 0.25) is 0 Å². The van der Waals surface area contributed by atoms with Crippen molar-refractivity contribution < 1.29 is 8.22 Å². The number of fused-ring (bicyclic) bond motifs is 6. The smallest absolute Gasteiger partial charge is 0.164 e. The summed E-state index contributed by atoms with van der Waals surface area (Å²) in [6.45, 7) is 0. The van der Waals surface area contributed by atoms with Gasteiger partial charge in [-0.15, -0.1) is 22.7 Å². The van der Waals surface area contributed by atoms with Crippen LogP contribution in [0.1, 0.15) is 8.22 Å². The molecule has 0 fully saturated rings. The Morgan fingerprint density at radius 1 is 0.455 bits per heavy atom. The fourth-order valence-electron chi connectivity index (χ4n) is 5.58. The largest absolute Gasteiger partial charge is 0.208 e. The summed E-state index contributed by atoms with van der Waals surface area (Å²) in [5, 5.41) is 3.08. The first-order chi connectivity index (χ1) is 24.3. The predicted molar refractivity (Wildman–Crippen MR) is 187 cm³/mol. The molecule has 0 unspecified atom stereocenters. The van der Waals surface area contributed by atoms with Gasteiger partial charge < -0.3 is 0 Å². The molecule has 0 saturated carbocycles. The number of thiophene rings is 2. The molecule has 3 aromatic heterocycles. The van der Waals surface area contributed by atoms with Crippen LogP contribution in [0, 0.1) is 0 Å². The van der Waals surface area contributed by atoms with Gasteiger partial charge in [0.15, 0.2) is 17.5 Å². The molecule has 5 heteroatoms. The molecule has 0 N–H and O–H groups in total. The number of nitrogens with zero attached hydrogens (tertiary/aromatic N) is 3. The maximum Gasteiger partial charge on any atom is 0.164 e. The monoisotopic (exact) mass is 603 g/mol. The summed E-state index contributed by atoms with van der Waals surface area (Å²) in [4.78, 5) is 14.5. The van der Waals surface area contributed by atoms with Crippen LogP contribution in [0.2, 0.25) is 0 Å². The van der Waals surface area contributed by atoms with Gasteiger partial charge in [-0.1, -0.05) is 115 Å². The van der Waals surface area contributed by atoms with Gasteiger partial charge >= 0.3 is 0 Å². The number of hydrogen-bond acceptors (Lipinski definition) is 5. The standard InChI is InChI=1S/C39H23N3S2/c1-3-10-24(11-4-1)28-15-9-17-33-36(28)31-21-19-27(23-35(31)44-33)39-41-37(25-12-5-2-6-13-25)40-38(42-39)26-18-20-30-29-14-7-8-16-32(29)43-34(30)22-26/h1-23H/i9D,15D,17D,19D,21D,23D. The predicted octanol–water partition coefficient (Wildman–Crippen LogP) is 11.3. The Hall–Kier alpha value is -5.23. The molecule has 9 aromatic rings. The average Bonchev–Trinajstić information content (AvgIpc) is 3.73. The summed E-state index contributed by atoms with van der Waals surface area (Å²) >= 11 is 2.82. The van der Waals surface area contributed by atoms with Gasteiger partial charge in [0.25, 0.3) is 0 Å². The summed E-state index contributed by atoms with van der Waals surface area (Å²) in [7, 11) is 0. The van der Waals surface area contributed by atoms with E-state index in [1.165, 1.54) is 10.1 Å². The lowest BCUT2D eigenvalue weighted by Crippen LogP contribution is -2.00. The highest BCUT2D eigenvalue weighted by atomic mass is 32.1. The van der Waals surface area contributed by atoms with Crippen LogP contribution < -0.4 is 0 Å². The second-order valence-corrected chi connectivity index (χ2v) is 12.5. The van der Waals surface area contributed by atoms with Crippen LogP contribution in [0.5, 0.6) is 0 Å². The lowest BCUT2D eigenvalue weighted by atomic mass is 9.99. The molecule has 0 spiro atoms. The van der Waals surface area contributed by atoms with E-state index in [1.807, 2.05) is 78.9 Å². The van der Waals surface area contributed by atoms with Gasteiger partial charge in [-0.05, 0) is 35.3 Å². The molecular weight excluding hydrogens is 575 g/mol. The van der Waals surface area contributed by atoms with E-state index in [2.05, 4.69) is 24.3 Å². The molecule has 0 aliphatic carbocycles. The normalized spacial score (nSPS) is 13.5. The number of rotatable bonds is 4. The lowest BCUT2D eigenvalue weighted by molar-refractivity contribution is 1.08. The molecule has 3 nitrogen and oxygen atoms in total. The lowest BCUT2D eigenvalue weighted by Gasteiger charge is -2.09. The molecule has 0 radical (unpaired) electrons. The number of aromatic nitrogens is 3. The molecule has 0 aliphatic rings. The van der Waals surface area contributed by atoms with Gasteiger partial charge in [0, 0.05) is 57.0 Å². The van der Waals surface area contributed by atoms with Gasteiger partial charge in [-0.3, -0.25) is 0 Å². The van der Waals surface area contributed by atoms with E-state index >= 15 is 0 Å². The Morgan fingerprint density at radius 3 is 1.93 bits per heavy atom. The zero-order chi connectivity index (χ0) is 34.3. The van der Waals surface area contributed by atoms with Crippen molar-refractivity contribution in [2.24, 2.45) is 0 Å². The Kier molecular flexibility index (Phi) is 4.60. The minimum absolute atomic E-state index is 0.0465. The Bertz CT molecular complexity index is 2840. The van der Waals surface area contributed by atoms with Crippen molar-refractivity contribution in [2.75, 3.05) is 0 Å². The molecule has 0 atom stereocenters. The van der Waals surface area contributed by atoms with E-state index in [4.69, 9.17) is 19.1 Å². The first-order valence-electron chi connectivity index (χ1n) is 17.0. The third-order valence-electron chi connectivity index (χ3n) is 7.66. The fourth-order valence-corrected chi connectivity index (χ4v) is 7.75. The van der Waals surface area contributed by atoms with E-state index in [1.54, 1.807) is 11.3 Å². The molecule has 44 heavy (non-hydrogen) atoms. The van der Waals surface area contributed by atoms with E-state index < -0.39 is 0 Å². The van der Waals surface area contributed by atoms with Crippen LogP contribution in [0.25, 0.3) is 85.6 Å². The summed E-state index contributed by atoms with van der Waals surface area (Å²) in [5.41, 5.74) is 2.67. The van der Waals surface area contributed by atoms with Crippen LogP contribution in [-0.4, -0.2) is 15.0 Å². The van der Waals surface area contributed by atoms with Crippen molar-refractivity contribution in [3.05, 3.63) is 139 Å². The maximum atomic E-state index is 9.47. The highest BCUT2D eigenvalue weighted by Crippen LogP contribution is 2.41. The fraction of sp³-hybridized carbons (Fsp3) is 0. The molecule has 0 bridgehead atoms. The topological polar surface area (TPSA) is 38.7 Å². The average molecular weight is 604 g/mol. The summed E-state index contributed by atoms with van der Waals surface area (Å²) in [6, 6.07) is 32.1. The van der Waals surface area contributed by atoms with Crippen molar-refractivity contribution in [1.82, 2.24) is 15.0 Å². The molecule has 0 aliphatic heterocycles. The zero-order valence-electron chi connectivity index (χ0n) is 29.0. The van der Waals surface area contributed by atoms with E-state index in [0.29, 0.717) is 42.9 Å². The highest BCUT2D eigenvalue weighted by Gasteiger charge is 2.16. The van der Waals surface area contributed by atoms with E-state index in [0.717, 1.165) is 32.5 Å². The Morgan fingerprint density at radius 2 is 1.11 bits per heavy atom. The van der Waals surface area contributed by atoms with Crippen LogP contribution in [0.15, 0.2) is 139 Å². The Labute approximate surface area is 270 Å². The number of benzene rings is 6. The minimum Gasteiger partial charge on any atom is -0.208 e. The van der Waals surface area contributed by atoms with Gasteiger partial charge in [0.05, 0.1) is 8.22 Å². The number of hydrogen-bond donors (Lipinski definition) is 0. The van der Waals surface area contributed by atoms with Gasteiger partial charge in [-0.2, -0.15) is 0 Å². The van der Waals surface area contributed by atoms with Crippen LogP contribution in [0.3, 0.4) is 0 Å². The van der Waals surface area contributed by atoms with Crippen molar-refractivity contribution in [3.8, 4) is 45.3 Å². The molecule has 3 heterocycles. The van der Waals surface area contributed by atoms with Crippen LogP contribution in [-0.2, 0) is 0 Å². The van der Waals surface area contributed by atoms with Gasteiger partial charge in [-0.25, -0.2) is 15.0 Å². The molecular formula is C39H23N3S2. The van der Waals surface area contributed by atoms with E-state index in [-0.39, 0.29) is 47.6 Å².